The van der Waals surface area contributed by atoms with Gasteiger partial charge in [-0.3, -0.25) is 0 Å². The van der Waals surface area contributed by atoms with E-state index in [0.717, 1.165) is 16.9 Å². The second kappa shape index (κ2) is 11.3. The van der Waals surface area contributed by atoms with Crippen LogP contribution < -0.4 is 10.1 Å². The zero-order chi connectivity index (χ0) is 22.2. The number of hydrogen-bond acceptors (Lipinski definition) is 8. The summed E-state index contributed by atoms with van der Waals surface area (Å²) in [7, 11) is 2.99. The van der Waals surface area contributed by atoms with Crippen LogP contribution in [0.25, 0.3) is 0 Å². The van der Waals surface area contributed by atoms with Crippen LogP contribution in [-0.2, 0) is 17.0 Å². The maximum atomic E-state index is 12.6. The molecule has 3 rings (SSSR count). The number of anilines is 1. The molecule has 0 saturated heterocycles. The van der Waals surface area contributed by atoms with Crippen molar-refractivity contribution in [2.75, 3.05) is 25.8 Å². The Hall–Kier alpha value is -2.42. The third-order valence-electron chi connectivity index (χ3n) is 4.34. The number of carbonyl (C=O) groups is 1. The fourth-order valence-corrected chi connectivity index (χ4v) is 4.21. The van der Waals surface area contributed by atoms with Crippen LogP contribution in [0.4, 0.5) is 5.82 Å². The van der Waals surface area contributed by atoms with Crippen molar-refractivity contribution in [1.29, 1.82) is 0 Å². The molecule has 6 nitrogen and oxygen atoms in total. The van der Waals surface area contributed by atoms with Crippen LogP contribution in [0.3, 0.4) is 0 Å². The van der Waals surface area contributed by atoms with Crippen molar-refractivity contribution in [3.63, 3.8) is 0 Å². The highest BCUT2D eigenvalue weighted by Crippen LogP contribution is 2.31. The van der Waals surface area contributed by atoms with Gasteiger partial charge in [0.2, 0.25) is 0 Å². The van der Waals surface area contributed by atoms with Crippen LogP contribution in [0.2, 0.25) is 5.02 Å². The van der Waals surface area contributed by atoms with E-state index >= 15 is 0 Å². The molecule has 1 heterocycles. The zero-order valence-electron chi connectivity index (χ0n) is 17.3. The SMILES string of the molecule is COC(=O)c1c(NCc2ccc(Cl)cc2)nc(SC)nc1SCc1ccc(OC)cc1. The summed E-state index contributed by atoms with van der Waals surface area (Å²) in [6, 6.07) is 15.3. The maximum Gasteiger partial charge on any atom is 0.344 e. The highest BCUT2D eigenvalue weighted by Gasteiger charge is 2.22. The average molecular weight is 476 g/mol. The van der Waals surface area contributed by atoms with Gasteiger partial charge in [-0.25, -0.2) is 14.8 Å². The van der Waals surface area contributed by atoms with Crippen LogP contribution in [-0.4, -0.2) is 36.4 Å². The molecule has 1 aromatic heterocycles. The van der Waals surface area contributed by atoms with Crippen LogP contribution >= 0.6 is 35.1 Å². The van der Waals surface area contributed by atoms with E-state index in [9.17, 15) is 4.79 Å². The van der Waals surface area contributed by atoms with Crippen molar-refractivity contribution >= 4 is 46.9 Å². The Morgan fingerprint density at radius 2 is 1.71 bits per heavy atom. The summed E-state index contributed by atoms with van der Waals surface area (Å²) in [6.07, 6.45) is 1.90. The first-order valence-electron chi connectivity index (χ1n) is 9.32. The second-order valence-electron chi connectivity index (χ2n) is 6.35. The van der Waals surface area contributed by atoms with E-state index in [1.807, 2.05) is 54.8 Å². The van der Waals surface area contributed by atoms with Crippen molar-refractivity contribution in [3.05, 3.63) is 70.2 Å². The van der Waals surface area contributed by atoms with Crippen molar-refractivity contribution in [2.45, 2.75) is 22.5 Å². The van der Waals surface area contributed by atoms with Crippen molar-refractivity contribution in [2.24, 2.45) is 0 Å². The van der Waals surface area contributed by atoms with Crippen molar-refractivity contribution in [3.8, 4) is 5.75 Å². The van der Waals surface area contributed by atoms with Crippen LogP contribution in [0, 0.1) is 0 Å². The smallest absolute Gasteiger partial charge is 0.344 e. The first-order chi connectivity index (χ1) is 15.0. The summed E-state index contributed by atoms with van der Waals surface area (Å²) in [5, 5.41) is 5.07. The number of esters is 1. The third-order valence-corrected chi connectivity index (χ3v) is 6.18. The van der Waals surface area contributed by atoms with Gasteiger partial charge < -0.3 is 14.8 Å². The molecule has 0 aliphatic rings. The molecular weight excluding hydrogens is 454 g/mol. The molecule has 31 heavy (non-hydrogen) atoms. The Labute approximate surface area is 195 Å². The summed E-state index contributed by atoms with van der Waals surface area (Å²) < 4.78 is 10.2. The molecule has 0 radical (unpaired) electrons. The van der Waals surface area contributed by atoms with E-state index in [-0.39, 0.29) is 0 Å². The quantitative estimate of drug-likeness (QED) is 0.187. The van der Waals surface area contributed by atoms with Gasteiger partial charge in [0.15, 0.2) is 5.16 Å². The Kier molecular flexibility index (Phi) is 8.45. The summed E-state index contributed by atoms with van der Waals surface area (Å²) in [5.74, 6) is 1.39. The number of hydrogen-bond donors (Lipinski definition) is 1. The normalized spacial score (nSPS) is 10.6. The number of halogens is 1. The van der Waals surface area contributed by atoms with Gasteiger partial charge >= 0.3 is 5.97 Å². The van der Waals surface area contributed by atoms with E-state index < -0.39 is 5.97 Å². The standard InChI is InChI=1S/C22H22ClN3O3S2/c1-28-17-10-6-15(7-11-17)13-31-20-18(21(27)29-2)19(25-22(26-20)30-3)24-12-14-4-8-16(23)9-5-14/h4-11H,12-13H2,1-3H3,(H,24,25,26). The molecule has 0 atom stereocenters. The lowest BCUT2D eigenvalue weighted by Gasteiger charge is -2.14. The van der Waals surface area contributed by atoms with Crippen LogP contribution in [0.5, 0.6) is 5.75 Å². The molecule has 0 aliphatic carbocycles. The largest absolute Gasteiger partial charge is 0.497 e. The zero-order valence-corrected chi connectivity index (χ0v) is 19.7. The Morgan fingerprint density at radius 1 is 1.03 bits per heavy atom. The third kappa shape index (κ3) is 6.29. The molecule has 1 N–H and O–H groups in total. The molecule has 0 unspecified atom stereocenters. The maximum absolute atomic E-state index is 12.6. The molecule has 2 aromatic carbocycles. The highest BCUT2D eigenvalue weighted by molar-refractivity contribution is 7.99. The number of aromatic nitrogens is 2. The van der Waals surface area contributed by atoms with E-state index in [0.29, 0.717) is 38.9 Å². The second-order valence-corrected chi connectivity index (χ2v) is 8.52. The predicted molar refractivity (Wildman–Crippen MR) is 126 cm³/mol. The van der Waals surface area contributed by atoms with Gasteiger partial charge in [-0.1, -0.05) is 47.6 Å². The molecule has 3 aromatic rings. The van der Waals surface area contributed by atoms with E-state index in [1.165, 1.54) is 30.6 Å². The lowest BCUT2D eigenvalue weighted by atomic mass is 10.2. The van der Waals surface area contributed by atoms with Gasteiger partial charge in [0.25, 0.3) is 0 Å². The number of thioether (sulfide) groups is 2. The van der Waals surface area contributed by atoms with Gasteiger partial charge in [-0.05, 0) is 41.6 Å². The summed E-state index contributed by atoms with van der Waals surface area (Å²) in [4.78, 5) is 21.7. The first kappa shape index (κ1) is 23.2. The van der Waals surface area contributed by atoms with Crippen molar-refractivity contribution in [1.82, 2.24) is 9.97 Å². The van der Waals surface area contributed by atoms with E-state index in [2.05, 4.69) is 15.3 Å². The Bertz CT molecular complexity index is 1030. The minimum Gasteiger partial charge on any atom is -0.497 e. The number of benzene rings is 2. The summed E-state index contributed by atoms with van der Waals surface area (Å²) >= 11 is 8.84. The highest BCUT2D eigenvalue weighted by atomic mass is 35.5. The van der Waals surface area contributed by atoms with Gasteiger partial charge in [-0.2, -0.15) is 0 Å². The van der Waals surface area contributed by atoms with E-state index in [1.54, 1.807) is 7.11 Å². The fourth-order valence-electron chi connectivity index (χ4n) is 2.69. The number of ether oxygens (including phenoxy) is 2. The number of nitrogens with zero attached hydrogens (tertiary/aromatic N) is 2. The molecule has 0 amide bonds. The number of nitrogens with one attached hydrogen (secondary N) is 1. The molecule has 0 bridgehead atoms. The minimum absolute atomic E-state index is 0.327. The average Bonchev–Trinajstić information content (AvgIpc) is 2.81. The van der Waals surface area contributed by atoms with E-state index in [4.69, 9.17) is 21.1 Å². The fraction of sp³-hybridized carbons (Fsp3) is 0.227. The number of methoxy groups -OCH3 is 2. The van der Waals surface area contributed by atoms with Crippen molar-refractivity contribution < 1.29 is 14.3 Å². The monoisotopic (exact) mass is 475 g/mol. The van der Waals surface area contributed by atoms with Gasteiger partial charge in [-0.15, -0.1) is 11.8 Å². The van der Waals surface area contributed by atoms with Gasteiger partial charge in [0.05, 0.1) is 14.2 Å². The number of carbonyl (C=O) groups excluding carboxylic acids is 1. The molecule has 0 saturated carbocycles. The molecule has 162 valence electrons. The van der Waals surface area contributed by atoms with Crippen LogP contribution in [0.15, 0.2) is 58.7 Å². The lowest BCUT2D eigenvalue weighted by Crippen LogP contribution is -2.13. The molecule has 0 fully saturated rings. The van der Waals surface area contributed by atoms with Gasteiger partial charge in [0.1, 0.15) is 22.2 Å². The molecular formula is C22H22ClN3O3S2. The lowest BCUT2D eigenvalue weighted by molar-refractivity contribution is 0.0596. The predicted octanol–water partition coefficient (Wildman–Crippen LogP) is 5.55. The topological polar surface area (TPSA) is 73.3 Å². The number of rotatable bonds is 9. The minimum atomic E-state index is -0.483. The first-order valence-corrected chi connectivity index (χ1v) is 11.9. The Balaban J connectivity index is 1.87. The summed E-state index contributed by atoms with van der Waals surface area (Å²) in [6.45, 7) is 0.481. The van der Waals surface area contributed by atoms with Gasteiger partial charge in [0, 0.05) is 17.3 Å². The Morgan fingerprint density at radius 3 is 2.32 bits per heavy atom. The van der Waals surface area contributed by atoms with Crippen LogP contribution in [0.1, 0.15) is 21.5 Å². The molecule has 9 heteroatoms. The molecule has 0 aliphatic heterocycles. The summed E-state index contributed by atoms with van der Waals surface area (Å²) in [5.41, 5.74) is 2.42. The molecule has 0 spiro atoms.